The normalized spacial score (nSPS) is 10.0. The van der Waals surface area contributed by atoms with Crippen molar-refractivity contribution >= 4 is 11.4 Å². The summed E-state index contributed by atoms with van der Waals surface area (Å²) in [5.41, 5.74) is 13.6. The highest BCUT2D eigenvalue weighted by molar-refractivity contribution is 5.52. The SMILES string of the molecule is C=C(COc1ccccc1N)COc1ccccc1N. The molecule has 0 saturated heterocycles. The number of hydrogen-bond donors (Lipinski definition) is 2. The van der Waals surface area contributed by atoms with Gasteiger partial charge in [0.1, 0.15) is 24.7 Å². The van der Waals surface area contributed by atoms with Crippen molar-refractivity contribution < 1.29 is 9.47 Å². The molecule has 0 atom stereocenters. The van der Waals surface area contributed by atoms with Crippen LogP contribution in [-0.2, 0) is 0 Å². The minimum absolute atomic E-state index is 0.348. The molecular weight excluding hydrogens is 252 g/mol. The largest absolute Gasteiger partial charge is 0.487 e. The zero-order valence-electron chi connectivity index (χ0n) is 11.2. The number of nitrogens with two attached hydrogens (primary N) is 2. The van der Waals surface area contributed by atoms with Gasteiger partial charge in [0.05, 0.1) is 11.4 Å². The van der Waals surface area contributed by atoms with Crippen LogP contribution in [0.4, 0.5) is 11.4 Å². The summed E-state index contributed by atoms with van der Waals surface area (Å²) in [7, 11) is 0. The van der Waals surface area contributed by atoms with Gasteiger partial charge in [0.15, 0.2) is 0 Å². The molecular formula is C16H18N2O2. The summed E-state index contributed by atoms with van der Waals surface area (Å²) >= 11 is 0. The Kier molecular flexibility index (Phi) is 4.50. The number of rotatable bonds is 6. The first-order valence-electron chi connectivity index (χ1n) is 6.28. The van der Waals surface area contributed by atoms with E-state index >= 15 is 0 Å². The van der Waals surface area contributed by atoms with Crippen molar-refractivity contribution in [2.24, 2.45) is 0 Å². The molecule has 0 aliphatic carbocycles. The molecule has 0 radical (unpaired) electrons. The Balaban J connectivity index is 1.82. The monoisotopic (exact) mass is 270 g/mol. The van der Waals surface area contributed by atoms with Gasteiger partial charge in [-0.25, -0.2) is 0 Å². The predicted octanol–water partition coefficient (Wildman–Crippen LogP) is 2.87. The van der Waals surface area contributed by atoms with E-state index in [9.17, 15) is 0 Å². The molecule has 4 heteroatoms. The minimum atomic E-state index is 0.348. The van der Waals surface area contributed by atoms with Crippen LogP contribution in [0.5, 0.6) is 11.5 Å². The highest BCUT2D eigenvalue weighted by atomic mass is 16.5. The van der Waals surface area contributed by atoms with Gasteiger partial charge in [0.2, 0.25) is 0 Å². The van der Waals surface area contributed by atoms with E-state index in [2.05, 4.69) is 6.58 Å². The first-order valence-corrected chi connectivity index (χ1v) is 6.28. The van der Waals surface area contributed by atoms with Gasteiger partial charge >= 0.3 is 0 Å². The summed E-state index contributed by atoms with van der Waals surface area (Å²) in [5, 5.41) is 0. The molecule has 0 heterocycles. The number of benzene rings is 2. The highest BCUT2D eigenvalue weighted by Crippen LogP contribution is 2.22. The molecule has 2 aromatic carbocycles. The molecule has 0 fully saturated rings. The average Bonchev–Trinajstić information content (AvgIpc) is 2.45. The lowest BCUT2D eigenvalue weighted by atomic mass is 10.3. The summed E-state index contributed by atoms with van der Waals surface area (Å²) in [6, 6.07) is 14.7. The molecule has 0 saturated carbocycles. The second-order valence-electron chi connectivity index (χ2n) is 4.40. The van der Waals surface area contributed by atoms with Crippen molar-refractivity contribution in [1.82, 2.24) is 0 Å². The first-order chi connectivity index (χ1) is 9.66. The number of anilines is 2. The van der Waals surface area contributed by atoms with Crippen LogP contribution < -0.4 is 20.9 Å². The number of hydrogen-bond acceptors (Lipinski definition) is 4. The number of nitrogen functional groups attached to an aromatic ring is 2. The van der Waals surface area contributed by atoms with Crippen LogP contribution in [0.25, 0.3) is 0 Å². The number of para-hydroxylation sites is 4. The molecule has 4 N–H and O–H groups in total. The Morgan fingerprint density at radius 1 is 0.800 bits per heavy atom. The first kappa shape index (κ1) is 13.8. The van der Waals surface area contributed by atoms with E-state index < -0.39 is 0 Å². The lowest BCUT2D eigenvalue weighted by Gasteiger charge is -2.12. The molecule has 0 amide bonds. The second kappa shape index (κ2) is 6.52. The molecule has 0 aliphatic rings. The van der Waals surface area contributed by atoms with Crippen LogP contribution >= 0.6 is 0 Å². The molecule has 0 unspecified atom stereocenters. The van der Waals surface area contributed by atoms with Crippen molar-refractivity contribution in [1.29, 1.82) is 0 Å². The lowest BCUT2D eigenvalue weighted by molar-refractivity contribution is 0.303. The molecule has 2 rings (SSSR count). The van der Waals surface area contributed by atoms with Crippen molar-refractivity contribution in [2.45, 2.75) is 0 Å². The average molecular weight is 270 g/mol. The standard InChI is InChI=1S/C16H18N2O2/c1-12(10-19-15-8-4-2-6-13(15)17)11-20-16-9-5-3-7-14(16)18/h2-9H,1,10-11,17-18H2. The lowest BCUT2D eigenvalue weighted by Crippen LogP contribution is -2.10. The summed E-state index contributed by atoms with van der Waals surface area (Å²) in [6.07, 6.45) is 0. The Hall–Kier alpha value is -2.62. The topological polar surface area (TPSA) is 70.5 Å². The predicted molar refractivity (Wildman–Crippen MR) is 81.8 cm³/mol. The van der Waals surface area contributed by atoms with Crippen LogP contribution in [0.3, 0.4) is 0 Å². The fourth-order valence-corrected chi connectivity index (χ4v) is 1.63. The van der Waals surface area contributed by atoms with Gasteiger partial charge < -0.3 is 20.9 Å². The van der Waals surface area contributed by atoms with Gasteiger partial charge in [0.25, 0.3) is 0 Å². The zero-order chi connectivity index (χ0) is 14.4. The summed E-state index contributed by atoms with van der Waals surface area (Å²) < 4.78 is 11.2. The summed E-state index contributed by atoms with van der Waals surface area (Å²) in [4.78, 5) is 0. The third-order valence-electron chi connectivity index (χ3n) is 2.70. The van der Waals surface area contributed by atoms with Gasteiger partial charge in [-0.1, -0.05) is 30.8 Å². The Labute approximate surface area is 118 Å². The van der Waals surface area contributed by atoms with E-state index in [-0.39, 0.29) is 0 Å². The van der Waals surface area contributed by atoms with Gasteiger partial charge in [-0.15, -0.1) is 0 Å². The molecule has 4 nitrogen and oxygen atoms in total. The van der Waals surface area contributed by atoms with Crippen LogP contribution in [0.2, 0.25) is 0 Å². The van der Waals surface area contributed by atoms with Gasteiger partial charge in [-0.05, 0) is 29.8 Å². The molecule has 0 aromatic heterocycles. The summed E-state index contributed by atoms with van der Waals surface area (Å²) in [5.74, 6) is 1.29. The molecule has 2 aromatic rings. The molecule has 0 aliphatic heterocycles. The van der Waals surface area contributed by atoms with Gasteiger partial charge in [-0.2, -0.15) is 0 Å². The molecule has 104 valence electrons. The third kappa shape index (κ3) is 3.68. The maximum Gasteiger partial charge on any atom is 0.142 e. The zero-order valence-corrected chi connectivity index (χ0v) is 11.2. The molecule has 0 bridgehead atoms. The van der Waals surface area contributed by atoms with Crippen molar-refractivity contribution in [3.05, 3.63) is 60.7 Å². The van der Waals surface area contributed by atoms with Crippen LogP contribution in [0.15, 0.2) is 60.7 Å². The van der Waals surface area contributed by atoms with Crippen molar-refractivity contribution in [2.75, 3.05) is 24.7 Å². The van der Waals surface area contributed by atoms with E-state index in [0.29, 0.717) is 36.1 Å². The van der Waals surface area contributed by atoms with Gasteiger partial charge in [0, 0.05) is 0 Å². The van der Waals surface area contributed by atoms with E-state index in [4.69, 9.17) is 20.9 Å². The Morgan fingerprint density at radius 2 is 1.20 bits per heavy atom. The Morgan fingerprint density at radius 3 is 1.60 bits per heavy atom. The second-order valence-corrected chi connectivity index (χ2v) is 4.40. The minimum Gasteiger partial charge on any atom is -0.487 e. The van der Waals surface area contributed by atoms with Gasteiger partial charge in [-0.3, -0.25) is 0 Å². The molecule has 0 spiro atoms. The molecule has 20 heavy (non-hydrogen) atoms. The van der Waals surface area contributed by atoms with E-state index in [1.807, 2.05) is 36.4 Å². The quantitative estimate of drug-likeness (QED) is 0.625. The number of ether oxygens (including phenoxy) is 2. The van der Waals surface area contributed by atoms with Crippen molar-refractivity contribution in [3.8, 4) is 11.5 Å². The Bertz CT molecular complexity index is 545. The maximum atomic E-state index is 5.79. The smallest absolute Gasteiger partial charge is 0.142 e. The van der Waals surface area contributed by atoms with Crippen LogP contribution in [0, 0.1) is 0 Å². The van der Waals surface area contributed by atoms with Crippen LogP contribution in [0.1, 0.15) is 0 Å². The van der Waals surface area contributed by atoms with E-state index in [0.717, 1.165) is 5.57 Å². The van der Waals surface area contributed by atoms with Crippen molar-refractivity contribution in [3.63, 3.8) is 0 Å². The highest BCUT2D eigenvalue weighted by Gasteiger charge is 2.03. The fourth-order valence-electron chi connectivity index (χ4n) is 1.63. The fraction of sp³-hybridized carbons (Fsp3) is 0.125. The third-order valence-corrected chi connectivity index (χ3v) is 2.70. The summed E-state index contributed by atoms with van der Waals surface area (Å²) in [6.45, 7) is 4.61. The van der Waals surface area contributed by atoms with E-state index in [1.54, 1.807) is 12.1 Å². The maximum absolute atomic E-state index is 5.79. The van der Waals surface area contributed by atoms with Crippen LogP contribution in [-0.4, -0.2) is 13.2 Å². The van der Waals surface area contributed by atoms with E-state index in [1.165, 1.54) is 0 Å².